The first kappa shape index (κ1) is 4.44. The van der Waals surface area contributed by atoms with Gasteiger partial charge in [0.05, 0.1) is 6.26 Å². The van der Waals surface area contributed by atoms with Crippen molar-refractivity contribution in [3.63, 3.8) is 0 Å². The maximum Gasteiger partial charge on any atom is 0.106 e. The summed E-state index contributed by atoms with van der Waals surface area (Å²) >= 11 is 0. The highest BCUT2D eigenvalue weighted by Gasteiger charge is 1.86. The van der Waals surface area contributed by atoms with Gasteiger partial charge >= 0.3 is 0 Å². The Morgan fingerprint density at radius 2 is 2.57 bits per heavy atom. The second-order valence-corrected chi connectivity index (χ2v) is 1.35. The molecule has 0 spiro atoms. The highest BCUT2D eigenvalue weighted by molar-refractivity contribution is 5.21. The number of hydrogen-bond acceptors (Lipinski definition) is 1. The van der Waals surface area contributed by atoms with E-state index in [1.54, 1.807) is 6.26 Å². The quantitative estimate of drug-likeness (QED) is 0.437. The van der Waals surface area contributed by atoms with Gasteiger partial charge in [-0.15, -0.1) is 0 Å². The van der Waals surface area contributed by atoms with Gasteiger partial charge in [-0.25, -0.2) is 0 Å². The van der Waals surface area contributed by atoms with Gasteiger partial charge in [0.1, 0.15) is 6.61 Å². The molecule has 0 aromatic heterocycles. The molecule has 0 atom stereocenters. The molecule has 1 aliphatic rings. The molecule has 1 heterocycles. The summed E-state index contributed by atoms with van der Waals surface area (Å²) in [6, 6.07) is 0. The third kappa shape index (κ3) is 1.07. The molecular formula is C6H6O. The van der Waals surface area contributed by atoms with Gasteiger partial charge < -0.3 is 4.74 Å². The van der Waals surface area contributed by atoms with Gasteiger partial charge in [0.2, 0.25) is 0 Å². The molecule has 0 aliphatic carbocycles. The van der Waals surface area contributed by atoms with Crippen LogP contribution in [0.25, 0.3) is 0 Å². The Kier molecular flexibility index (Phi) is 1.16. The zero-order valence-electron chi connectivity index (χ0n) is 3.92. The highest BCUT2D eigenvalue weighted by Crippen LogP contribution is 1.99. The van der Waals surface area contributed by atoms with Crippen LogP contribution >= 0.6 is 0 Å². The maximum atomic E-state index is 5.28. The van der Waals surface area contributed by atoms with Crippen LogP contribution in [0.5, 0.6) is 0 Å². The Bertz CT molecular complexity index is 111. The van der Waals surface area contributed by atoms with Crippen LogP contribution in [0.15, 0.2) is 24.0 Å². The second-order valence-electron chi connectivity index (χ2n) is 1.35. The molecule has 0 aromatic rings. The third-order valence-corrected chi connectivity index (χ3v) is 0.722. The molecule has 0 unspecified atom stereocenters. The number of ether oxygens (including phenoxy) is 1. The van der Waals surface area contributed by atoms with Crippen LogP contribution in [0.2, 0.25) is 0 Å². The fourth-order valence-electron chi connectivity index (χ4n) is 0.423. The van der Waals surface area contributed by atoms with E-state index in [-0.39, 0.29) is 0 Å². The van der Waals surface area contributed by atoms with E-state index in [1.165, 1.54) is 0 Å². The molecule has 1 heteroatoms. The molecule has 0 saturated heterocycles. The van der Waals surface area contributed by atoms with Gasteiger partial charge in [-0.3, -0.25) is 0 Å². The van der Waals surface area contributed by atoms with Crippen LogP contribution in [0.1, 0.15) is 0 Å². The Morgan fingerprint density at radius 1 is 1.71 bits per heavy atom. The summed E-state index contributed by atoms with van der Waals surface area (Å²) in [5, 5.41) is 0. The molecule has 0 N–H and O–H groups in total. The Balaban J connectivity index is 2.58. The monoisotopic (exact) mass is 94.0 g/mol. The van der Waals surface area contributed by atoms with E-state index in [0.29, 0.717) is 12.2 Å². The summed E-state index contributed by atoms with van der Waals surface area (Å²) in [5.41, 5.74) is 0.686. The van der Waals surface area contributed by atoms with Crippen molar-refractivity contribution in [2.75, 3.05) is 6.61 Å². The van der Waals surface area contributed by atoms with Crippen LogP contribution in [0.4, 0.5) is 0 Å². The Morgan fingerprint density at radius 3 is 2.86 bits per heavy atom. The van der Waals surface area contributed by atoms with E-state index < -0.39 is 0 Å². The Labute approximate surface area is 43.3 Å². The molecular weight excluding hydrogens is 88.1 g/mol. The largest absolute Gasteiger partial charge is 0.497 e. The number of allylic oxidation sites excluding steroid dienone is 2. The molecule has 2 radical (unpaired) electrons. The standard InChI is InChI=1S/C6H6O/c1-6-3-2-4-7-5-6/h1-3,5H,4H2. The van der Waals surface area contributed by atoms with E-state index in [0.717, 1.165) is 0 Å². The molecule has 0 bridgehead atoms. The van der Waals surface area contributed by atoms with E-state index in [4.69, 9.17) is 11.7 Å². The molecule has 7 heavy (non-hydrogen) atoms. The second kappa shape index (κ2) is 1.82. The lowest BCUT2D eigenvalue weighted by Crippen LogP contribution is -1.87. The summed E-state index contributed by atoms with van der Waals surface area (Å²) in [7, 11) is 0. The predicted molar refractivity (Wildman–Crippen MR) is 27.5 cm³/mol. The first-order chi connectivity index (χ1) is 3.39. The molecule has 0 fully saturated rings. The highest BCUT2D eigenvalue weighted by atomic mass is 16.5. The first-order valence-corrected chi connectivity index (χ1v) is 2.13. The normalized spacial score (nSPS) is 18.1. The lowest BCUT2D eigenvalue weighted by molar-refractivity contribution is 0.283. The van der Waals surface area contributed by atoms with E-state index >= 15 is 0 Å². The fourth-order valence-corrected chi connectivity index (χ4v) is 0.423. The summed E-state index contributed by atoms with van der Waals surface area (Å²) < 4.78 is 4.81. The number of hydrogen-bond donors (Lipinski definition) is 0. The summed E-state index contributed by atoms with van der Waals surface area (Å²) in [4.78, 5) is 0. The van der Waals surface area contributed by atoms with Crippen molar-refractivity contribution < 1.29 is 4.74 Å². The SMILES string of the molecule is [CH]C1=COCC=C1. The summed E-state index contributed by atoms with van der Waals surface area (Å²) in [6.07, 6.45) is 5.23. The van der Waals surface area contributed by atoms with Crippen LogP contribution in [-0.4, -0.2) is 6.61 Å². The summed E-state index contributed by atoms with van der Waals surface area (Å²) in [6.45, 7) is 5.94. The van der Waals surface area contributed by atoms with E-state index in [2.05, 4.69) is 0 Å². The third-order valence-electron chi connectivity index (χ3n) is 0.722. The van der Waals surface area contributed by atoms with Crippen molar-refractivity contribution in [1.82, 2.24) is 0 Å². The van der Waals surface area contributed by atoms with Crippen LogP contribution in [0, 0.1) is 6.92 Å². The lowest BCUT2D eigenvalue weighted by atomic mass is 10.3. The van der Waals surface area contributed by atoms with Gasteiger partial charge in [0.15, 0.2) is 0 Å². The minimum Gasteiger partial charge on any atom is -0.497 e. The van der Waals surface area contributed by atoms with Crippen molar-refractivity contribution in [2.24, 2.45) is 0 Å². The van der Waals surface area contributed by atoms with Gasteiger partial charge in [-0.2, -0.15) is 0 Å². The van der Waals surface area contributed by atoms with Crippen molar-refractivity contribution >= 4 is 0 Å². The van der Waals surface area contributed by atoms with Crippen molar-refractivity contribution in [3.05, 3.63) is 30.9 Å². The Hall–Kier alpha value is -0.720. The average molecular weight is 94.1 g/mol. The van der Waals surface area contributed by atoms with E-state index in [9.17, 15) is 0 Å². The van der Waals surface area contributed by atoms with Crippen molar-refractivity contribution in [1.29, 1.82) is 0 Å². The van der Waals surface area contributed by atoms with Crippen molar-refractivity contribution in [2.45, 2.75) is 0 Å². The molecule has 1 rings (SSSR count). The van der Waals surface area contributed by atoms with E-state index in [1.807, 2.05) is 12.2 Å². The lowest BCUT2D eigenvalue weighted by Gasteiger charge is -2.00. The molecule has 1 aliphatic heterocycles. The van der Waals surface area contributed by atoms with Gasteiger partial charge in [0.25, 0.3) is 0 Å². The average Bonchev–Trinajstić information content (AvgIpc) is 1.69. The van der Waals surface area contributed by atoms with Gasteiger partial charge in [0, 0.05) is 6.92 Å². The zero-order chi connectivity index (χ0) is 5.11. The van der Waals surface area contributed by atoms with Crippen LogP contribution < -0.4 is 0 Å². The predicted octanol–water partition coefficient (Wildman–Crippen LogP) is 1.17. The molecule has 0 saturated carbocycles. The first-order valence-electron chi connectivity index (χ1n) is 2.13. The van der Waals surface area contributed by atoms with Gasteiger partial charge in [-0.1, -0.05) is 6.08 Å². The minimum atomic E-state index is 0.653. The van der Waals surface area contributed by atoms with Gasteiger partial charge in [-0.05, 0) is 11.6 Å². The van der Waals surface area contributed by atoms with Crippen LogP contribution in [-0.2, 0) is 4.74 Å². The smallest absolute Gasteiger partial charge is 0.106 e. The number of rotatable bonds is 0. The zero-order valence-corrected chi connectivity index (χ0v) is 3.92. The minimum absolute atomic E-state index is 0.653. The topological polar surface area (TPSA) is 9.23 Å². The summed E-state index contributed by atoms with van der Waals surface area (Å²) in [5.74, 6) is 0. The maximum absolute atomic E-state index is 5.28. The molecule has 1 nitrogen and oxygen atoms in total. The molecule has 0 amide bonds. The molecule has 36 valence electrons. The van der Waals surface area contributed by atoms with Crippen LogP contribution in [0.3, 0.4) is 0 Å². The molecule has 0 aromatic carbocycles. The van der Waals surface area contributed by atoms with Crippen molar-refractivity contribution in [3.8, 4) is 0 Å². The fraction of sp³-hybridized carbons (Fsp3) is 0.167.